The maximum Gasteiger partial charge on any atom is 0.326 e. The zero-order valence-corrected chi connectivity index (χ0v) is 39.2. The standard InChI is InChI=1S/C48H63N9O10/c1-9-34(54-44(61)38-25(3)52-42(56-41(38)51)31-13-12-29(17-24(31)2)48(5,6)7)46(63)57(8)39-28-20-33(40(59)37(21-28)67-23-30(58)22-50)32-18-27(11-14-36(32)66-16-10-15-49)19-35(47(64)65)55-43(60)26(4)53-45(39)62/h11-14,17-18,20-21,26,30,34-35,39,58-59H,9-10,15-16,19,22-23,49-50H2,1-8H3,(H,53,62)(H,54,61)(H,55,60)(H,64,65)(H2,51,52,56)/t26-,30+,34-,35-,39-/m0/s1. The Morgan fingerprint density at radius 2 is 1.67 bits per heavy atom. The minimum atomic E-state index is -1.60. The molecule has 1 aliphatic heterocycles. The first-order valence-electron chi connectivity index (χ1n) is 22.1. The predicted octanol–water partition coefficient (Wildman–Crippen LogP) is 2.78. The largest absolute Gasteiger partial charge is 0.504 e. The summed E-state index contributed by atoms with van der Waals surface area (Å²) < 4.78 is 12.0. The number of carbonyl (C=O) groups excluding carboxylic acids is 4. The van der Waals surface area contributed by atoms with E-state index in [1.807, 2.05) is 19.1 Å². The molecule has 0 radical (unpaired) electrons. The van der Waals surface area contributed by atoms with Crippen LogP contribution in [0.15, 0.2) is 48.5 Å². The molecule has 4 aromatic rings. The minimum absolute atomic E-state index is 0.0400. The van der Waals surface area contributed by atoms with E-state index in [9.17, 15) is 39.3 Å². The van der Waals surface area contributed by atoms with Gasteiger partial charge in [-0.05, 0) is 92.1 Å². The van der Waals surface area contributed by atoms with Gasteiger partial charge in [-0.15, -0.1) is 0 Å². The number of phenolic OH excluding ortho intramolecular Hbond substituents is 1. The molecule has 5 atom stereocenters. The molecule has 1 aromatic heterocycles. The van der Waals surface area contributed by atoms with Crippen LogP contribution in [0.1, 0.15) is 91.8 Å². The molecule has 4 amide bonds. The van der Waals surface area contributed by atoms with Gasteiger partial charge in [-0.25, -0.2) is 14.8 Å². The molecule has 67 heavy (non-hydrogen) atoms. The third kappa shape index (κ3) is 12.0. The first kappa shape index (κ1) is 51.2. The normalized spacial score (nSPS) is 17.3. The lowest BCUT2D eigenvalue weighted by atomic mass is 9.85. The second-order valence-corrected chi connectivity index (χ2v) is 17.7. The highest BCUT2D eigenvalue weighted by atomic mass is 16.5. The number of aliphatic hydroxyl groups excluding tert-OH is 1. The number of carboxylic acid groups (broad SMARTS) is 1. The molecule has 0 saturated heterocycles. The van der Waals surface area contributed by atoms with E-state index >= 15 is 0 Å². The van der Waals surface area contributed by atoms with Crippen molar-refractivity contribution in [3.05, 3.63) is 82.0 Å². The Balaban J connectivity index is 1.60. The number of benzene rings is 3. The molecule has 4 bridgehead atoms. The number of rotatable bonds is 15. The van der Waals surface area contributed by atoms with E-state index in [2.05, 4.69) is 52.8 Å². The molecule has 12 N–H and O–H groups in total. The van der Waals surface area contributed by atoms with Crippen LogP contribution in [-0.2, 0) is 31.0 Å². The van der Waals surface area contributed by atoms with Crippen LogP contribution in [0.2, 0.25) is 0 Å². The van der Waals surface area contributed by atoms with Crippen LogP contribution in [0.5, 0.6) is 17.2 Å². The number of anilines is 1. The van der Waals surface area contributed by atoms with Crippen LogP contribution in [0.3, 0.4) is 0 Å². The summed E-state index contributed by atoms with van der Waals surface area (Å²) in [5.74, 6) is -4.75. The fourth-order valence-electron chi connectivity index (χ4n) is 7.62. The van der Waals surface area contributed by atoms with Crippen molar-refractivity contribution in [2.75, 3.05) is 39.1 Å². The van der Waals surface area contributed by atoms with Gasteiger partial charge in [-0.3, -0.25) is 19.2 Å². The van der Waals surface area contributed by atoms with Gasteiger partial charge < -0.3 is 62.8 Å². The molecule has 5 rings (SSSR count). The highest BCUT2D eigenvalue weighted by Crippen LogP contribution is 2.45. The zero-order chi connectivity index (χ0) is 49.5. The van der Waals surface area contributed by atoms with E-state index in [0.717, 1.165) is 21.6 Å². The van der Waals surface area contributed by atoms with Crippen molar-refractivity contribution in [3.63, 3.8) is 0 Å². The Morgan fingerprint density at radius 3 is 2.28 bits per heavy atom. The molecule has 19 heteroatoms. The predicted molar refractivity (Wildman–Crippen MR) is 251 cm³/mol. The summed E-state index contributed by atoms with van der Waals surface area (Å²) in [7, 11) is 1.33. The number of fused-ring (bicyclic) bond motifs is 5. The number of nitrogens with two attached hydrogens (primary N) is 3. The fraction of sp³-hybridized carbons (Fsp3) is 0.438. The third-order valence-electron chi connectivity index (χ3n) is 11.5. The lowest BCUT2D eigenvalue weighted by Crippen LogP contribution is -2.54. The van der Waals surface area contributed by atoms with E-state index in [-0.39, 0.29) is 83.3 Å². The van der Waals surface area contributed by atoms with Crippen molar-refractivity contribution in [3.8, 4) is 39.8 Å². The second-order valence-electron chi connectivity index (χ2n) is 17.7. The molecule has 0 fully saturated rings. The minimum Gasteiger partial charge on any atom is -0.504 e. The van der Waals surface area contributed by atoms with Crippen molar-refractivity contribution < 1.29 is 48.8 Å². The first-order valence-corrected chi connectivity index (χ1v) is 22.1. The number of nitrogen functional groups attached to an aromatic ring is 1. The number of hydrogen-bond donors (Lipinski definition) is 9. The van der Waals surface area contributed by atoms with Gasteiger partial charge in [-0.2, -0.15) is 0 Å². The monoisotopic (exact) mass is 925 g/mol. The average Bonchev–Trinajstić information content (AvgIpc) is 3.26. The van der Waals surface area contributed by atoms with Gasteiger partial charge in [0.15, 0.2) is 17.3 Å². The Labute approximate surface area is 389 Å². The Hall–Kier alpha value is -6.83. The molecule has 0 saturated carbocycles. The van der Waals surface area contributed by atoms with E-state index in [1.54, 1.807) is 32.0 Å². The highest BCUT2D eigenvalue weighted by Gasteiger charge is 2.37. The maximum absolute atomic E-state index is 14.7. The van der Waals surface area contributed by atoms with E-state index in [0.29, 0.717) is 24.4 Å². The summed E-state index contributed by atoms with van der Waals surface area (Å²) >= 11 is 0. The van der Waals surface area contributed by atoms with Crippen LogP contribution in [-0.4, -0.2) is 117 Å². The van der Waals surface area contributed by atoms with Gasteiger partial charge in [0.2, 0.25) is 17.7 Å². The van der Waals surface area contributed by atoms with Gasteiger partial charge in [0.25, 0.3) is 5.91 Å². The number of ether oxygens (including phenoxy) is 2. The summed E-state index contributed by atoms with van der Waals surface area (Å²) in [4.78, 5) is 79.5. The lowest BCUT2D eigenvalue weighted by Gasteiger charge is -2.32. The molecular formula is C48H63N9O10. The van der Waals surface area contributed by atoms with E-state index in [1.165, 1.54) is 26.1 Å². The van der Waals surface area contributed by atoms with Crippen molar-refractivity contribution in [2.45, 2.75) is 103 Å². The number of aliphatic hydroxyl groups is 1. The molecular weight excluding hydrogens is 863 g/mol. The summed E-state index contributed by atoms with van der Waals surface area (Å²) in [6.07, 6.45) is -0.847. The number of phenols is 1. The molecule has 3 aromatic carbocycles. The summed E-state index contributed by atoms with van der Waals surface area (Å²) in [6, 6.07) is 7.87. The van der Waals surface area contributed by atoms with Crippen molar-refractivity contribution in [2.24, 2.45) is 11.5 Å². The number of aryl methyl sites for hydroxylation is 2. The zero-order valence-electron chi connectivity index (χ0n) is 39.2. The lowest BCUT2D eigenvalue weighted by molar-refractivity contribution is -0.143. The van der Waals surface area contributed by atoms with Crippen LogP contribution in [0, 0.1) is 13.8 Å². The number of aromatic hydroxyl groups is 1. The molecule has 0 spiro atoms. The number of amides is 4. The number of carboxylic acids is 1. The number of nitrogens with zero attached hydrogens (tertiary/aromatic N) is 3. The summed E-state index contributed by atoms with van der Waals surface area (Å²) in [6.45, 7) is 12.8. The quantitative estimate of drug-likeness (QED) is 0.0775. The SMILES string of the molecule is CC[C@H](NC(=O)c1c(C)nc(-c2ccc(C(C)(C)C)cc2C)nc1N)C(=O)N(C)[C@@H]1C(=O)N[C@@H](C)C(=O)N[C@H](C(=O)O)Cc2ccc(OCCCN)c(c2)-c2cc1cc(OC[C@H](O)CN)c2O. The molecule has 19 nitrogen and oxygen atoms in total. The Kier molecular flexibility index (Phi) is 16.5. The molecule has 360 valence electrons. The van der Waals surface area contributed by atoms with Gasteiger partial charge in [0.05, 0.1) is 12.3 Å². The summed E-state index contributed by atoms with van der Waals surface area (Å²) in [5.41, 5.74) is 21.5. The summed E-state index contributed by atoms with van der Waals surface area (Å²) in [5, 5.41) is 40.2. The smallest absolute Gasteiger partial charge is 0.326 e. The molecule has 0 aliphatic carbocycles. The van der Waals surface area contributed by atoms with Gasteiger partial charge in [-0.1, -0.05) is 52.0 Å². The Bertz CT molecular complexity index is 2490. The van der Waals surface area contributed by atoms with E-state index < -0.39 is 65.6 Å². The average molecular weight is 926 g/mol. The van der Waals surface area contributed by atoms with E-state index in [4.69, 9.17) is 26.7 Å². The van der Waals surface area contributed by atoms with Crippen molar-refractivity contribution in [1.82, 2.24) is 30.8 Å². The molecule has 2 heterocycles. The highest BCUT2D eigenvalue weighted by molar-refractivity contribution is 6.02. The van der Waals surface area contributed by atoms with Crippen LogP contribution >= 0.6 is 0 Å². The maximum atomic E-state index is 14.7. The number of likely N-dealkylation sites (N-methyl/N-ethyl adjacent to an activating group) is 1. The van der Waals surface area contributed by atoms with Gasteiger partial charge in [0, 0.05) is 36.7 Å². The third-order valence-corrected chi connectivity index (χ3v) is 11.5. The molecule has 0 unspecified atom stereocenters. The number of carbonyl (C=O) groups is 5. The number of nitrogens with one attached hydrogen (secondary N) is 3. The second kappa shape index (κ2) is 21.6. The van der Waals surface area contributed by atoms with Crippen molar-refractivity contribution >= 4 is 35.4 Å². The van der Waals surface area contributed by atoms with Crippen LogP contribution in [0.25, 0.3) is 22.5 Å². The van der Waals surface area contributed by atoms with Gasteiger partial charge >= 0.3 is 5.97 Å². The fourth-order valence-corrected chi connectivity index (χ4v) is 7.62. The topological polar surface area (TPSA) is 308 Å². The van der Waals surface area contributed by atoms with Crippen molar-refractivity contribution in [1.29, 1.82) is 0 Å². The number of aliphatic carboxylic acids is 1. The van der Waals surface area contributed by atoms with Crippen LogP contribution in [0.4, 0.5) is 5.82 Å². The number of hydrogen-bond acceptors (Lipinski definition) is 14. The van der Waals surface area contributed by atoms with Gasteiger partial charge in [0.1, 0.15) is 54.0 Å². The first-order chi connectivity index (χ1) is 31.6. The Morgan fingerprint density at radius 1 is 0.955 bits per heavy atom. The number of aromatic nitrogens is 2. The molecule has 1 aliphatic rings. The van der Waals surface area contributed by atoms with Crippen LogP contribution < -0.4 is 42.6 Å².